The smallest absolute Gasteiger partial charge is 0.348 e. The van der Waals surface area contributed by atoms with E-state index in [4.69, 9.17) is 26.8 Å². The maximum Gasteiger partial charge on any atom is 0.348 e. The summed E-state index contributed by atoms with van der Waals surface area (Å²) in [7, 11) is 0. The van der Waals surface area contributed by atoms with Crippen molar-refractivity contribution < 1.29 is 38.8 Å². The minimum Gasteiger partial charge on any atom is -0.479 e. The van der Waals surface area contributed by atoms with E-state index in [-0.39, 0.29) is 22.1 Å². The Hall–Kier alpha value is -3.39. The molecule has 14 heteroatoms. The largest absolute Gasteiger partial charge is 0.479 e. The number of ether oxygens (including phenoxy) is 2. The summed E-state index contributed by atoms with van der Waals surface area (Å²) in [5.74, 6) is -3.60. The summed E-state index contributed by atoms with van der Waals surface area (Å²) >= 11 is 5.82. The van der Waals surface area contributed by atoms with Crippen LogP contribution in [0.15, 0.2) is 36.5 Å². The first-order chi connectivity index (χ1) is 16.1. The molecule has 0 amide bonds. The monoisotopic (exact) mass is 493 g/mol. The highest BCUT2D eigenvalue weighted by Gasteiger charge is 2.81. The average Bonchev–Trinajstić information content (AvgIpc) is 3.05. The molecular weight excluding hydrogens is 477 g/mol. The Morgan fingerprint density at radius 1 is 1.26 bits per heavy atom. The number of nitrogens with two attached hydrogens (primary N) is 1. The van der Waals surface area contributed by atoms with Gasteiger partial charge in [0.25, 0.3) is 5.60 Å². The molecule has 1 aromatic carbocycles. The van der Waals surface area contributed by atoms with Gasteiger partial charge >= 0.3 is 11.9 Å². The van der Waals surface area contributed by atoms with Crippen LogP contribution in [-0.4, -0.2) is 76.6 Å². The zero-order valence-electron chi connectivity index (χ0n) is 17.1. The molecule has 0 spiro atoms. The third kappa shape index (κ3) is 3.12. The summed E-state index contributed by atoms with van der Waals surface area (Å²) in [6.07, 6.45) is -5.83. The second kappa shape index (κ2) is 7.56. The Morgan fingerprint density at radius 3 is 2.53 bits per heavy atom. The number of carbonyl (C=O) groups is 2. The van der Waals surface area contributed by atoms with Crippen molar-refractivity contribution >= 4 is 40.4 Å². The Morgan fingerprint density at radius 2 is 1.94 bits per heavy atom. The van der Waals surface area contributed by atoms with E-state index in [0.29, 0.717) is 5.56 Å². The first-order valence-corrected chi connectivity index (χ1v) is 10.3. The van der Waals surface area contributed by atoms with Gasteiger partial charge in [0.15, 0.2) is 23.6 Å². The standard InChI is InChI=1S/C20H17ClFN5O7/c21-18-25-13(23)9-7-24-27(14(9)26-18)15-10(22)20(32)11(33-15)12(20)34-19(16(28)29,17(30)31)6-8-4-2-1-3-5-8/h1-5,7,10-12,15,32H,6H2,(H,28,29)(H,30,31)(H2,23,25,26)/t10-,11-,12?,15-,20+/m1/s1. The summed E-state index contributed by atoms with van der Waals surface area (Å²) in [6.45, 7) is 0. The number of alkyl halides is 1. The molecule has 1 aliphatic carbocycles. The van der Waals surface area contributed by atoms with Crippen molar-refractivity contribution in [2.45, 2.75) is 42.2 Å². The van der Waals surface area contributed by atoms with E-state index in [0.717, 1.165) is 4.68 Å². The minimum absolute atomic E-state index is 0.00773. The molecule has 3 aromatic rings. The Balaban J connectivity index is 1.42. The summed E-state index contributed by atoms with van der Waals surface area (Å²) in [6, 6.07) is 7.93. The lowest BCUT2D eigenvalue weighted by molar-refractivity contribution is -0.194. The molecule has 5 atom stereocenters. The van der Waals surface area contributed by atoms with Crippen LogP contribution in [-0.2, 0) is 25.5 Å². The summed E-state index contributed by atoms with van der Waals surface area (Å²) in [4.78, 5) is 31.8. The molecule has 5 N–H and O–H groups in total. The number of aliphatic hydroxyl groups is 1. The van der Waals surface area contributed by atoms with Crippen LogP contribution < -0.4 is 5.73 Å². The SMILES string of the molecule is Nc1nc(Cl)nc2c1cnn2[C@@H]1O[C@@H]2C(OC(Cc3ccccc3)(C(=O)O)C(=O)O)[C@]2(O)[C@@H]1F. The van der Waals surface area contributed by atoms with Crippen LogP contribution in [0.25, 0.3) is 11.0 Å². The average molecular weight is 494 g/mol. The third-order valence-corrected chi connectivity index (χ3v) is 6.24. The normalized spacial score (nSPS) is 28.1. The van der Waals surface area contributed by atoms with Crippen LogP contribution in [0.2, 0.25) is 5.28 Å². The lowest BCUT2D eigenvalue weighted by Gasteiger charge is -2.28. The minimum atomic E-state index is -2.78. The summed E-state index contributed by atoms with van der Waals surface area (Å²) in [5.41, 5.74) is 1.10. The molecule has 2 fully saturated rings. The number of hydrogen-bond donors (Lipinski definition) is 4. The molecule has 5 rings (SSSR count). The van der Waals surface area contributed by atoms with Crippen molar-refractivity contribution in [1.29, 1.82) is 0 Å². The zero-order valence-corrected chi connectivity index (χ0v) is 17.8. The predicted octanol–water partition coefficient (Wildman–Crippen LogP) is 0.578. The third-order valence-electron chi connectivity index (χ3n) is 6.07. The van der Waals surface area contributed by atoms with E-state index in [1.54, 1.807) is 18.2 Å². The van der Waals surface area contributed by atoms with Gasteiger partial charge in [-0.3, -0.25) is 0 Å². The van der Waals surface area contributed by atoms with E-state index in [1.165, 1.54) is 18.3 Å². The number of anilines is 1. The number of aliphatic carboxylic acids is 2. The van der Waals surface area contributed by atoms with E-state index >= 15 is 4.39 Å². The predicted molar refractivity (Wildman–Crippen MR) is 112 cm³/mol. The number of aromatic nitrogens is 4. The van der Waals surface area contributed by atoms with Gasteiger partial charge in [-0.05, 0) is 17.2 Å². The number of nitrogen functional groups attached to an aromatic ring is 1. The van der Waals surface area contributed by atoms with Gasteiger partial charge in [-0.15, -0.1) is 0 Å². The van der Waals surface area contributed by atoms with Crippen molar-refractivity contribution in [2.75, 3.05) is 5.73 Å². The Bertz CT molecular complexity index is 1290. The number of fused-ring (bicyclic) bond motifs is 2. The highest BCUT2D eigenvalue weighted by molar-refractivity contribution is 6.28. The van der Waals surface area contributed by atoms with Crippen LogP contribution >= 0.6 is 11.6 Å². The highest BCUT2D eigenvalue weighted by Crippen LogP contribution is 2.58. The van der Waals surface area contributed by atoms with Crippen LogP contribution in [0.3, 0.4) is 0 Å². The molecule has 178 valence electrons. The molecule has 1 aliphatic heterocycles. The van der Waals surface area contributed by atoms with Crippen LogP contribution in [0, 0.1) is 0 Å². The fourth-order valence-electron chi connectivity index (χ4n) is 4.20. The van der Waals surface area contributed by atoms with Gasteiger partial charge in [0.1, 0.15) is 18.0 Å². The van der Waals surface area contributed by atoms with Gasteiger partial charge in [0.05, 0.1) is 11.6 Å². The molecule has 1 saturated heterocycles. The van der Waals surface area contributed by atoms with Gasteiger partial charge in [0, 0.05) is 6.42 Å². The van der Waals surface area contributed by atoms with E-state index < -0.39 is 54.2 Å². The van der Waals surface area contributed by atoms with Crippen LogP contribution in [0.1, 0.15) is 11.8 Å². The number of benzene rings is 1. The zero-order chi connectivity index (χ0) is 24.4. The van der Waals surface area contributed by atoms with Crippen molar-refractivity contribution in [3.05, 3.63) is 47.4 Å². The number of rotatable bonds is 7. The molecule has 1 unspecified atom stereocenters. The fraction of sp³-hybridized carbons (Fsp3) is 0.350. The molecule has 2 aromatic heterocycles. The topological polar surface area (TPSA) is 183 Å². The Labute approximate surface area is 194 Å². The van der Waals surface area contributed by atoms with Gasteiger partial charge < -0.3 is 30.5 Å². The van der Waals surface area contributed by atoms with E-state index in [2.05, 4.69) is 15.1 Å². The maximum absolute atomic E-state index is 15.4. The molecule has 0 radical (unpaired) electrons. The van der Waals surface area contributed by atoms with Crippen molar-refractivity contribution in [1.82, 2.24) is 19.7 Å². The maximum atomic E-state index is 15.4. The molecule has 3 heterocycles. The molecule has 1 saturated carbocycles. The van der Waals surface area contributed by atoms with Crippen LogP contribution in [0.5, 0.6) is 0 Å². The number of carboxylic acid groups (broad SMARTS) is 2. The van der Waals surface area contributed by atoms with Crippen molar-refractivity contribution in [3.8, 4) is 0 Å². The summed E-state index contributed by atoms with van der Waals surface area (Å²) in [5, 5.41) is 34.5. The first-order valence-electron chi connectivity index (χ1n) is 9.96. The second-order valence-electron chi connectivity index (χ2n) is 8.08. The van der Waals surface area contributed by atoms with E-state index in [1.807, 2.05) is 0 Å². The molecule has 12 nitrogen and oxygen atoms in total. The van der Waals surface area contributed by atoms with E-state index in [9.17, 15) is 24.9 Å². The van der Waals surface area contributed by atoms with Crippen molar-refractivity contribution in [2.24, 2.45) is 0 Å². The molecule has 0 bridgehead atoms. The number of carboxylic acids is 2. The second-order valence-corrected chi connectivity index (χ2v) is 8.42. The van der Waals surface area contributed by atoms with Crippen molar-refractivity contribution in [3.63, 3.8) is 0 Å². The number of hydrogen-bond acceptors (Lipinski definition) is 9. The molecule has 2 aliphatic rings. The number of nitrogens with zero attached hydrogens (tertiary/aromatic N) is 4. The lowest BCUT2D eigenvalue weighted by atomic mass is 9.94. The number of halogens is 2. The quantitative estimate of drug-likeness (QED) is 0.266. The highest BCUT2D eigenvalue weighted by atomic mass is 35.5. The molecule has 34 heavy (non-hydrogen) atoms. The van der Waals surface area contributed by atoms with Crippen LogP contribution in [0.4, 0.5) is 10.2 Å². The fourth-order valence-corrected chi connectivity index (χ4v) is 4.37. The van der Waals surface area contributed by atoms with Gasteiger partial charge in [-0.1, -0.05) is 30.3 Å². The van der Waals surface area contributed by atoms with Gasteiger partial charge in [-0.25, -0.2) is 23.6 Å². The summed E-state index contributed by atoms with van der Waals surface area (Å²) < 4.78 is 27.4. The van der Waals surface area contributed by atoms with Gasteiger partial charge in [-0.2, -0.15) is 10.1 Å². The first kappa shape index (κ1) is 22.4. The Kier molecular flexibility index (Phi) is 4.98. The lowest BCUT2D eigenvalue weighted by Crippen LogP contribution is -2.53. The molecular formula is C20H17ClFN5O7. The van der Waals surface area contributed by atoms with Gasteiger partial charge in [0.2, 0.25) is 5.28 Å².